The van der Waals surface area contributed by atoms with Crippen LogP contribution in [-0.4, -0.2) is 50.9 Å². The summed E-state index contributed by atoms with van der Waals surface area (Å²) in [6.07, 6.45) is 4.20. The molecule has 0 radical (unpaired) electrons. The highest BCUT2D eigenvalue weighted by Crippen LogP contribution is 2.33. The third-order valence-electron chi connectivity index (χ3n) is 7.64. The largest absolute Gasteiger partial charge is 0.497 e. The Bertz CT molecular complexity index is 1540. The number of rotatable bonds is 12. The maximum absolute atomic E-state index is 14.3. The van der Waals surface area contributed by atoms with Crippen LogP contribution < -0.4 is 14.4 Å². The lowest BCUT2D eigenvalue weighted by atomic mass is 10.1. The first-order valence-corrected chi connectivity index (χ1v) is 16.5. The number of hydrogen-bond donors (Lipinski definition) is 1. The Balaban J connectivity index is 1.75. The van der Waals surface area contributed by atoms with Gasteiger partial charge in [-0.1, -0.05) is 72.8 Å². The van der Waals surface area contributed by atoms with Crippen LogP contribution in [0.25, 0.3) is 0 Å². The predicted octanol–water partition coefficient (Wildman–Crippen LogP) is 6.37. The van der Waals surface area contributed by atoms with Crippen LogP contribution in [0.2, 0.25) is 10.0 Å². The van der Waals surface area contributed by atoms with Gasteiger partial charge >= 0.3 is 0 Å². The highest BCUT2D eigenvalue weighted by atomic mass is 35.5. The fourth-order valence-electron chi connectivity index (χ4n) is 5.28. The number of hydrogen-bond acceptors (Lipinski definition) is 5. The van der Waals surface area contributed by atoms with Gasteiger partial charge in [0.15, 0.2) is 0 Å². The van der Waals surface area contributed by atoms with Crippen molar-refractivity contribution >= 4 is 50.7 Å². The van der Waals surface area contributed by atoms with Crippen LogP contribution in [0.1, 0.15) is 50.2 Å². The first kappa shape index (κ1) is 32.6. The van der Waals surface area contributed by atoms with Crippen LogP contribution in [0, 0.1) is 6.92 Å². The fraction of sp³-hybridized carbons (Fsp3) is 0.375. The van der Waals surface area contributed by atoms with Crippen LogP contribution in [-0.2, 0) is 26.2 Å². The molecule has 1 fully saturated rings. The topological polar surface area (TPSA) is 96.0 Å². The number of amides is 2. The minimum absolute atomic E-state index is 0.00712. The van der Waals surface area contributed by atoms with E-state index in [1.165, 1.54) is 29.2 Å². The molecule has 8 nitrogen and oxygen atoms in total. The number of carbonyl (C=O) groups is 2. The molecule has 0 aromatic heterocycles. The van der Waals surface area contributed by atoms with Crippen molar-refractivity contribution in [2.45, 2.75) is 69.5 Å². The lowest BCUT2D eigenvalue weighted by Crippen LogP contribution is -2.53. The standard InChI is InChI=1S/C32H37Cl2N3O5S/c1-4-29(32(39)35-25-9-5-6-10-25)36(20-23-8-7-11-26(18-23)42-3)31(38)21-37(30-19-24(33)14-17-28(30)34)43(40,41)27-15-12-22(2)13-16-27/h7-8,11-19,25,29H,4-6,9-10,20-21H2,1-3H3,(H,35,39)/t29-/m1/s1. The van der Waals surface area contributed by atoms with Crippen molar-refractivity contribution in [1.82, 2.24) is 10.2 Å². The number of methoxy groups -OCH3 is 1. The van der Waals surface area contributed by atoms with Gasteiger partial charge in [-0.15, -0.1) is 0 Å². The molecule has 0 bridgehead atoms. The van der Waals surface area contributed by atoms with Gasteiger partial charge in [0.05, 0.1) is 22.7 Å². The second-order valence-electron chi connectivity index (χ2n) is 10.7. The molecule has 2 amide bonds. The summed E-state index contributed by atoms with van der Waals surface area (Å²) >= 11 is 12.8. The van der Waals surface area contributed by atoms with Crippen LogP contribution in [0.3, 0.4) is 0 Å². The Morgan fingerprint density at radius 1 is 1.02 bits per heavy atom. The maximum Gasteiger partial charge on any atom is 0.264 e. The smallest absolute Gasteiger partial charge is 0.264 e. The van der Waals surface area contributed by atoms with Gasteiger partial charge in [-0.2, -0.15) is 0 Å². The van der Waals surface area contributed by atoms with E-state index >= 15 is 0 Å². The van der Waals surface area contributed by atoms with E-state index in [2.05, 4.69) is 5.32 Å². The molecular weight excluding hydrogens is 609 g/mol. The van der Waals surface area contributed by atoms with Gasteiger partial charge in [0.1, 0.15) is 18.3 Å². The molecule has 4 rings (SSSR count). The summed E-state index contributed by atoms with van der Waals surface area (Å²) in [4.78, 5) is 29.3. The molecule has 0 spiro atoms. The van der Waals surface area contributed by atoms with E-state index in [1.54, 1.807) is 43.5 Å². The Hall–Kier alpha value is -3.27. The van der Waals surface area contributed by atoms with Crippen molar-refractivity contribution < 1.29 is 22.7 Å². The Labute approximate surface area is 264 Å². The van der Waals surface area contributed by atoms with Crippen molar-refractivity contribution in [2.24, 2.45) is 0 Å². The van der Waals surface area contributed by atoms with Crippen molar-refractivity contribution in [3.63, 3.8) is 0 Å². The van der Waals surface area contributed by atoms with E-state index in [1.807, 2.05) is 19.9 Å². The van der Waals surface area contributed by atoms with Crippen LogP contribution in [0.15, 0.2) is 71.6 Å². The average Bonchev–Trinajstić information content (AvgIpc) is 3.50. The van der Waals surface area contributed by atoms with E-state index in [0.29, 0.717) is 12.2 Å². The summed E-state index contributed by atoms with van der Waals surface area (Å²) in [6.45, 7) is 3.14. The number of benzene rings is 3. The first-order chi connectivity index (χ1) is 20.5. The summed E-state index contributed by atoms with van der Waals surface area (Å²) in [6, 6.07) is 17.2. The molecule has 3 aromatic carbocycles. The van der Waals surface area contributed by atoms with Gasteiger partial charge in [0, 0.05) is 17.6 Å². The molecule has 43 heavy (non-hydrogen) atoms. The van der Waals surface area contributed by atoms with Crippen molar-refractivity contribution in [2.75, 3.05) is 18.0 Å². The lowest BCUT2D eigenvalue weighted by Gasteiger charge is -2.34. The summed E-state index contributed by atoms with van der Waals surface area (Å²) < 4.78 is 34.5. The zero-order valence-electron chi connectivity index (χ0n) is 24.6. The van der Waals surface area contributed by atoms with Gasteiger partial charge in [0.2, 0.25) is 11.8 Å². The molecule has 230 valence electrons. The molecule has 0 heterocycles. The molecule has 1 aliphatic rings. The number of anilines is 1. The van der Waals surface area contributed by atoms with Crippen LogP contribution in [0.5, 0.6) is 5.75 Å². The molecule has 0 unspecified atom stereocenters. The van der Waals surface area contributed by atoms with Crippen molar-refractivity contribution in [3.05, 3.63) is 87.9 Å². The molecule has 1 atom stereocenters. The van der Waals surface area contributed by atoms with Gasteiger partial charge in [-0.3, -0.25) is 13.9 Å². The Kier molecular flexibility index (Phi) is 11.0. The van der Waals surface area contributed by atoms with E-state index in [9.17, 15) is 18.0 Å². The Morgan fingerprint density at radius 3 is 2.37 bits per heavy atom. The minimum Gasteiger partial charge on any atom is -0.497 e. The van der Waals surface area contributed by atoms with E-state index < -0.39 is 28.5 Å². The fourth-order valence-corrected chi connectivity index (χ4v) is 7.14. The van der Waals surface area contributed by atoms with E-state index in [0.717, 1.165) is 41.1 Å². The van der Waals surface area contributed by atoms with Gasteiger partial charge in [0.25, 0.3) is 10.0 Å². The SMILES string of the molecule is CC[C@H](C(=O)NC1CCCC1)N(Cc1cccc(OC)c1)C(=O)CN(c1cc(Cl)ccc1Cl)S(=O)(=O)c1ccc(C)cc1. The van der Waals surface area contributed by atoms with Gasteiger partial charge in [-0.05, 0) is 74.2 Å². The number of aryl methyl sites for hydroxylation is 1. The zero-order valence-corrected chi connectivity index (χ0v) is 26.9. The predicted molar refractivity (Wildman–Crippen MR) is 170 cm³/mol. The third kappa shape index (κ3) is 8.02. The van der Waals surface area contributed by atoms with E-state index in [-0.39, 0.29) is 39.1 Å². The molecule has 1 aliphatic carbocycles. The van der Waals surface area contributed by atoms with Crippen molar-refractivity contribution in [3.8, 4) is 5.75 Å². The summed E-state index contributed by atoms with van der Waals surface area (Å²) in [5.41, 5.74) is 1.67. The number of nitrogens with zero attached hydrogens (tertiary/aromatic N) is 2. The summed E-state index contributed by atoms with van der Waals surface area (Å²) in [7, 11) is -2.72. The molecular formula is C32H37Cl2N3O5S. The lowest BCUT2D eigenvalue weighted by molar-refractivity contribution is -0.140. The maximum atomic E-state index is 14.3. The summed E-state index contributed by atoms with van der Waals surface area (Å²) in [5, 5.41) is 3.47. The van der Waals surface area contributed by atoms with Gasteiger partial charge in [-0.25, -0.2) is 8.42 Å². The van der Waals surface area contributed by atoms with Crippen LogP contribution >= 0.6 is 23.2 Å². The molecule has 3 aromatic rings. The van der Waals surface area contributed by atoms with Gasteiger partial charge < -0.3 is 15.0 Å². The average molecular weight is 647 g/mol. The number of sulfonamides is 1. The van der Waals surface area contributed by atoms with Crippen molar-refractivity contribution in [1.29, 1.82) is 0 Å². The number of carbonyl (C=O) groups excluding carboxylic acids is 2. The first-order valence-electron chi connectivity index (χ1n) is 14.3. The highest BCUT2D eigenvalue weighted by molar-refractivity contribution is 7.92. The number of ether oxygens (including phenoxy) is 1. The molecule has 0 saturated heterocycles. The monoisotopic (exact) mass is 645 g/mol. The quantitative estimate of drug-likeness (QED) is 0.247. The minimum atomic E-state index is -4.27. The number of nitrogens with one attached hydrogen (secondary N) is 1. The second kappa shape index (κ2) is 14.5. The molecule has 11 heteroatoms. The zero-order chi connectivity index (χ0) is 31.1. The summed E-state index contributed by atoms with van der Waals surface area (Å²) in [5.74, 6) is -0.231. The number of halogens is 2. The highest BCUT2D eigenvalue weighted by Gasteiger charge is 2.35. The molecule has 0 aliphatic heterocycles. The third-order valence-corrected chi connectivity index (χ3v) is 9.97. The Morgan fingerprint density at radius 2 is 1.72 bits per heavy atom. The molecule has 1 N–H and O–H groups in total. The second-order valence-corrected chi connectivity index (χ2v) is 13.4. The van der Waals surface area contributed by atoms with Crippen LogP contribution in [0.4, 0.5) is 5.69 Å². The van der Waals surface area contributed by atoms with E-state index in [4.69, 9.17) is 27.9 Å². The molecule has 1 saturated carbocycles. The normalized spacial score (nSPS) is 14.3.